The van der Waals surface area contributed by atoms with Crippen LogP contribution in [0.5, 0.6) is 0 Å². The Kier molecular flexibility index (Phi) is 12.7. The van der Waals surface area contributed by atoms with Crippen LogP contribution in [0.2, 0.25) is 0 Å². The molecule has 8 heteroatoms. The highest BCUT2D eigenvalue weighted by Gasteiger charge is 2.14. The van der Waals surface area contributed by atoms with Gasteiger partial charge in [0.1, 0.15) is 0 Å². The van der Waals surface area contributed by atoms with Crippen molar-refractivity contribution in [2.24, 2.45) is 4.99 Å². The van der Waals surface area contributed by atoms with E-state index in [0.29, 0.717) is 0 Å². The minimum Gasteiger partial charge on any atom is -0.356 e. The molecule has 1 aromatic rings. The highest BCUT2D eigenvalue weighted by atomic mass is 127. The number of nitrogens with zero attached hydrogens (tertiary/aromatic N) is 5. The maximum Gasteiger partial charge on any atom is 0.190 e. The number of unbranched alkanes of at least 4 members (excludes halogenated alkanes) is 1. The summed E-state index contributed by atoms with van der Waals surface area (Å²) in [4.78, 5) is 9.44. The minimum atomic E-state index is 0. The largest absolute Gasteiger partial charge is 0.356 e. The first-order valence-corrected chi connectivity index (χ1v) is 10.5. The van der Waals surface area contributed by atoms with Crippen LogP contribution in [-0.2, 0) is 6.54 Å². The van der Waals surface area contributed by atoms with Crippen LogP contribution in [0.25, 0.3) is 0 Å². The predicted octanol–water partition coefficient (Wildman–Crippen LogP) is 2.09. The lowest BCUT2D eigenvalue weighted by Crippen LogP contribution is -2.46. The summed E-state index contributed by atoms with van der Waals surface area (Å²) in [5.41, 5.74) is 2.32. The van der Waals surface area contributed by atoms with Crippen molar-refractivity contribution in [3.8, 4) is 0 Å². The van der Waals surface area contributed by atoms with Gasteiger partial charge in [0.05, 0.1) is 5.69 Å². The standard InChI is InChI=1S/C20H39N7.HI/c1-5-25-13-15-26(16-14-25)11-7-6-9-22-20(21-4)23-10-8-12-27-19(3)17-18(2)24-27;/h17H,5-16H2,1-4H3,(H2,21,22,23);1H. The second kappa shape index (κ2) is 14.2. The number of nitrogens with one attached hydrogen (secondary N) is 2. The summed E-state index contributed by atoms with van der Waals surface area (Å²) in [6.45, 7) is 16.5. The van der Waals surface area contributed by atoms with Gasteiger partial charge in [-0.1, -0.05) is 6.92 Å². The van der Waals surface area contributed by atoms with Gasteiger partial charge in [0.2, 0.25) is 0 Å². The van der Waals surface area contributed by atoms with E-state index in [9.17, 15) is 0 Å². The lowest BCUT2D eigenvalue weighted by atomic mass is 10.2. The van der Waals surface area contributed by atoms with E-state index >= 15 is 0 Å². The van der Waals surface area contributed by atoms with E-state index in [-0.39, 0.29) is 24.0 Å². The molecule has 0 aromatic carbocycles. The molecule has 2 heterocycles. The van der Waals surface area contributed by atoms with Crippen molar-refractivity contribution in [1.29, 1.82) is 0 Å². The number of hydrogen-bond acceptors (Lipinski definition) is 4. The molecule has 1 aliphatic heterocycles. The molecule has 28 heavy (non-hydrogen) atoms. The van der Waals surface area contributed by atoms with Crippen molar-refractivity contribution in [3.63, 3.8) is 0 Å². The molecule has 0 aliphatic carbocycles. The first-order valence-electron chi connectivity index (χ1n) is 10.5. The highest BCUT2D eigenvalue weighted by Crippen LogP contribution is 2.03. The quantitative estimate of drug-likeness (QED) is 0.221. The molecule has 7 nitrogen and oxygen atoms in total. The summed E-state index contributed by atoms with van der Waals surface area (Å²) in [5.74, 6) is 0.903. The molecule has 2 rings (SSSR count). The van der Waals surface area contributed by atoms with E-state index in [1.807, 2.05) is 14.0 Å². The summed E-state index contributed by atoms with van der Waals surface area (Å²) in [6, 6.07) is 2.12. The molecular formula is C20H40IN7. The predicted molar refractivity (Wildman–Crippen MR) is 129 cm³/mol. The van der Waals surface area contributed by atoms with Gasteiger partial charge in [-0.3, -0.25) is 9.67 Å². The molecule has 0 saturated carbocycles. The monoisotopic (exact) mass is 505 g/mol. The number of aryl methyl sites for hydroxylation is 3. The van der Waals surface area contributed by atoms with Gasteiger partial charge in [0.15, 0.2) is 5.96 Å². The fourth-order valence-electron chi connectivity index (χ4n) is 3.55. The maximum atomic E-state index is 4.50. The second-order valence-corrected chi connectivity index (χ2v) is 7.41. The number of aromatic nitrogens is 2. The number of guanidine groups is 1. The molecule has 1 aliphatic rings. The average Bonchev–Trinajstić information content (AvgIpc) is 3.00. The zero-order valence-corrected chi connectivity index (χ0v) is 20.5. The molecule has 162 valence electrons. The lowest BCUT2D eigenvalue weighted by molar-refractivity contribution is 0.136. The van der Waals surface area contributed by atoms with Gasteiger partial charge in [-0.25, -0.2) is 0 Å². The summed E-state index contributed by atoms with van der Waals surface area (Å²) in [7, 11) is 1.84. The number of rotatable bonds is 10. The zero-order chi connectivity index (χ0) is 19.5. The zero-order valence-electron chi connectivity index (χ0n) is 18.2. The van der Waals surface area contributed by atoms with Crippen molar-refractivity contribution >= 4 is 29.9 Å². The first kappa shape index (κ1) is 25.2. The molecule has 0 atom stereocenters. The average molecular weight is 505 g/mol. The van der Waals surface area contributed by atoms with Crippen molar-refractivity contribution < 1.29 is 0 Å². The SMILES string of the molecule is CCN1CCN(CCCCNC(=NC)NCCCn2nc(C)cc2C)CC1.I. The number of likely N-dealkylation sites (N-methyl/N-ethyl adjacent to an activating group) is 1. The Morgan fingerprint density at radius 2 is 1.64 bits per heavy atom. The molecule has 0 amide bonds. The van der Waals surface area contributed by atoms with E-state index < -0.39 is 0 Å². The number of hydrogen-bond donors (Lipinski definition) is 2. The van der Waals surface area contributed by atoms with Gasteiger partial charge in [0.25, 0.3) is 0 Å². The smallest absolute Gasteiger partial charge is 0.190 e. The Hall–Kier alpha value is -0.870. The van der Waals surface area contributed by atoms with Crippen molar-refractivity contribution in [2.75, 3.05) is 59.4 Å². The fraction of sp³-hybridized carbons (Fsp3) is 0.800. The Labute approximate surface area is 188 Å². The van der Waals surface area contributed by atoms with Gasteiger partial charge >= 0.3 is 0 Å². The van der Waals surface area contributed by atoms with Gasteiger partial charge in [0, 0.05) is 58.6 Å². The van der Waals surface area contributed by atoms with Crippen molar-refractivity contribution in [3.05, 3.63) is 17.5 Å². The Morgan fingerprint density at radius 3 is 2.21 bits per heavy atom. The van der Waals surface area contributed by atoms with Crippen LogP contribution >= 0.6 is 24.0 Å². The summed E-state index contributed by atoms with van der Waals surface area (Å²) >= 11 is 0. The van der Waals surface area contributed by atoms with Crippen LogP contribution in [0.15, 0.2) is 11.1 Å². The van der Waals surface area contributed by atoms with Crippen molar-refractivity contribution in [1.82, 2.24) is 30.2 Å². The summed E-state index contributed by atoms with van der Waals surface area (Å²) in [5, 5.41) is 11.3. The number of aliphatic imine (C=N–C) groups is 1. The molecule has 1 saturated heterocycles. The van der Waals surface area contributed by atoms with Crippen LogP contribution in [0.4, 0.5) is 0 Å². The van der Waals surface area contributed by atoms with Crippen LogP contribution < -0.4 is 10.6 Å². The Balaban J connectivity index is 0.00000392. The second-order valence-electron chi connectivity index (χ2n) is 7.41. The summed E-state index contributed by atoms with van der Waals surface area (Å²) in [6.07, 6.45) is 3.46. The van der Waals surface area contributed by atoms with Crippen LogP contribution in [0, 0.1) is 13.8 Å². The van der Waals surface area contributed by atoms with E-state index in [0.717, 1.165) is 37.7 Å². The molecule has 2 N–H and O–H groups in total. The molecule has 1 fully saturated rings. The van der Waals surface area contributed by atoms with Gasteiger partial charge in [-0.15, -0.1) is 24.0 Å². The first-order chi connectivity index (χ1) is 13.1. The van der Waals surface area contributed by atoms with Gasteiger partial charge in [-0.05, 0) is 52.3 Å². The molecule has 1 aromatic heterocycles. The van der Waals surface area contributed by atoms with Crippen LogP contribution in [-0.4, -0.2) is 84.9 Å². The molecular weight excluding hydrogens is 465 g/mol. The topological polar surface area (TPSA) is 60.7 Å². The highest BCUT2D eigenvalue weighted by molar-refractivity contribution is 14.0. The van der Waals surface area contributed by atoms with Crippen LogP contribution in [0.1, 0.15) is 37.6 Å². The van der Waals surface area contributed by atoms with Gasteiger partial charge < -0.3 is 20.4 Å². The van der Waals surface area contributed by atoms with E-state index in [1.165, 1.54) is 57.8 Å². The Morgan fingerprint density at radius 1 is 1.00 bits per heavy atom. The van der Waals surface area contributed by atoms with Crippen molar-refractivity contribution in [2.45, 2.75) is 46.6 Å². The lowest BCUT2D eigenvalue weighted by Gasteiger charge is -2.34. The van der Waals surface area contributed by atoms with E-state index in [1.54, 1.807) is 0 Å². The van der Waals surface area contributed by atoms with E-state index in [2.05, 4.69) is 55.1 Å². The molecule has 0 radical (unpaired) electrons. The van der Waals surface area contributed by atoms with Gasteiger partial charge in [-0.2, -0.15) is 5.10 Å². The number of piperazine rings is 1. The molecule has 0 unspecified atom stereocenters. The molecule has 0 bridgehead atoms. The number of halogens is 1. The van der Waals surface area contributed by atoms with Crippen LogP contribution in [0.3, 0.4) is 0 Å². The third-order valence-electron chi connectivity index (χ3n) is 5.27. The maximum absolute atomic E-state index is 4.50. The third-order valence-corrected chi connectivity index (χ3v) is 5.27. The summed E-state index contributed by atoms with van der Waals surface area (Å²) < 4.78 is 2.08. The normalized spacial score (nSPS) is 16.1. The van der Waals surface area contributed by atoms with E-state index in [4.69, 9.17) is 0 Å². The third kappa shape index (κ3) is 9.09. The molecule has 0 spiro atoms. The fourth-order valence-corrected chi connectivity index (χ4v) is 3.55. The minimum absolute atomic E-state index is 0. The Bertz CT molecular complexity index is 565.